The Morgan fingerprint density at radius 3 is 2.76 bits per heavy atom. The highest BCUT2D eigenvalue weighted by Crippen LogP contribution is 2.26. The summed E-state index contributed by atoms with van der Waals surface area (Å²) in [6.07, 6.45) is 3.56. The number of fused-ring (bicyclic) bond motifs is 1. The molecule has 0 amide bonds. The number of hydrogen-bond donors (Lipinski definition) is 0. The largest absolute Gasteiger partial charge is 0.378 e. The number of halogens is 2. The molecule has 1 aliphatic heterocycles. The molecule has 0 unspecified atom stereocenters. The summed E-state index contributed by atoms with van der Waals surface area (Å²) >= 11 is 12.4. The highest BCUT2D eigenvalue weighted by atomic mass is 35.5. The average Bonchev–Trinajstić information content (AvgIpc) is 3.03. The third-order valence-electron chi connectivity index (χ3n) is 4.32. The van der Waals surface area contributed by atoms with Crippen LogP contribution in [0.3, 0.4) is 0 Å². The van der Waals surface area contributed by atoms with Gasteiger partial charge in [-0.05, 0) is 11.6 Å². The van der Waals surface area contributed by atoms with Crippen molar-refractivity contribution in [3.63, 3.8) is 0 Å². The highest BCUT2D eigenvalue weighted by Gasteiger charge is 2.16. The molecule has 3 aromatic rings. The molecule has 3 heterocycles. The molecule has 0 aliphatic carbocycles. The molecule has 130 valence electrons. The molecule has 0 spiro atoms. The molecule has 4 rings (SSSR count). The van der Waals surface area contributed by atoms with Crippen LogP contribution in [0.5, 0.6) is 0 Å². The van der Waals surface area contributed by atoms with Crippen LogP contribution in [0.2, 0.25) is 10.0 Å². The standard InChI is InChI=1S/C17H16Cl2N4O2/c18-13-3-1-2-12(16(13)19)11-22-4-5-23-15(22)10-14(20-17(23)24)21-6-8-25-9-7-21/h1-5,10H,6-9,11H2. The van der Waals surface area contributed by atoms with Crippen molar-refractivity contribution in [2.75, 3.05) is 31.2 Å². The first-order chi connectivity index (χ1) is 12.1. The van der Waals surface area contributed by atoms with Crippen LogP contribution >= 0.6 is 23.2 Å². The monoisotopic (exact) mass is 378 g/mol. The molecule has 8 heteroatoms. The van der Waals surface area contributed by atoms with Crippen LogP contribution < -0.4 is 10.6 Å². The van der Waals surface area contributed by atoms with Gasteiger partial charge >= 0.3 is 5.69 Å². The minimum atomic E-state index is -0.296. The van der Waals surface area contributed by atoms with Crippen molar-refractivity contribution < 1.29 is 4.74 Å². The van der Waals surface area contributed by atoms with Crippen molar-refractivity contribution in [1.82, 2.24) is 14.0 Å². The molecule has 0 saturated carbocycles. The van der Waals surface area contributed by atoms with Crippen molar-refractivity contribution in [1.29, 1.82) is 0 Å². The Bertz CT molecular complexity index is 976. The van der Waals surface area contributed by atoms with Gasteiger partial charge in [0.25, 0.3) is 0 Å². The van der Waals surface area contributed by atoms with Crippen LogP contribution in [0.15, 0.2) is 41.5 Å². The van der Waals surface area contributed by atoms with Crippen LogP contribution in [0.1, 0.15) is 5.56 Å². The first-order valence-electron chi connectivity index (χ1n) is 7.97. The summed E-state index contributed by atoms with van der Waals surface area (Å²) in [4.78, 5) is 18.6. The quantitative estimate of drug-likeness (QED) is 0.702. The zero-order valence-corrected chi connectivity index (χ0v) is 14.9. The zero-order valence-electron chi connectivity index (χ0n) is 13.4. The number of aromatic nitrogens is 3. The number of anilines is 1. The van der Waals surface area contributed by atoms with E-state index in [0.29, 0.717) is 35.6 Å². The topological polar surface area (TPSA) is 51.8 Å². The lowest BCUT2D eigenvalue weighted by atomic mass is 10.2. The number of ether oxygens (including phenoxy) is 1. The Morgan fingerprint density at radius 2 is 1.96 bits per heavy atom. The van der Waals surface area contributed by atoms with E-state index in [0.717, 1.165) is 24.3 Å². The third kappa shape index (κ3) is 3.13. The van der Waals surface area contributed by atoms with Crippen molar-refractivity contribution in [3.05, 3.63) is 62.8 Å². The molecule has 1 saturated heterocycles. The molecule has 1 aromatic carbocycles. The molecule has 6 nitrogen and oxygen atoms in total. The lowest BCUT2D eigenvalue weighted by molar-refractivity contribution is 0.122. The maximum Gasteiger partial charge on any atom is 0.355 e. The van der Waals surface area contributed by atoms with Gasteiger partial charge in [-0.2, -0.15) is 4.98 Å². The summed E-state index contributed by atoms with van der Waals surface area (Å²) in [6.45, 7) is 3.25. The first-order valence-corrected chi connectivity index (χ1v) is 8.73. The fraction of sp³-hybridized carbons (Fsp3) is 0.294. The van der Waals surface area contributed by atoms with E-state index in [4.69, 9.17) is 27.9 Å². The van der Waals surface area contributed by atoms with E-state index in [2.05, 4.69) is 9.88 Å². The number of rotatable bonds is 3. The number of hydrogen-bond acceptors (Lipinski definition) is 4. The molecule has 2 aromatic heterocycles. The van der Waals surface area contributed by atoms with Gasteiger partial charge in [0.15, 0.2) is 0 Å². The predicted octanol–water partition coefficient (Wildman–Crippen LogP) is 2.69. The van der Waals surface area contributed by atoms with Crippen LogP contribution in [0.4, 0.5) is 5.82 Å². The second kappa shape index (κ2) is 6.71. The van der Waals surface area contributed by atoms with Gasteiger partial charge < -0.3 is 14.2 Å². The smallest absolute Gasteiger partial charge is 0.355 e. The zero-order chi connectivity index (χ0) is 17.4. The summed E-state index contributed by atoms with van der Waals surface area (Å²) in [5, 5.41) is 1.05. The van der Waals surface area contributed by atoms with Gasteiger partial charge in [0, 0.05) is 31.5 Å². The van der Waals surface area contributed by atoms with Gasteiger partial charge in [0.05, 0.1) is 29.8 Å². The molecular formula is C17H16Cl2N4O2. The fourth-order valence-corrected chi connectivity index (χ4v) is 3.37. The molecule has 1 fully saturated rings. The lowest BCUT2D eigenvalue weighted by Gasteiger charge is -2.27. The van der Waals surface area contributed by atoms with E-state index in [1.54, 1.807) is 12.3 Å². The van der Waals surface area contributed by atoms with Crippen molar-refractivity contribution in [2.45, 2.75) is 6.54 Å². The van der Waals surface area contributed by atoms with Crippen LogP contribution in [-0.2, 0) is 11.3 Å². The molecule has 0 N–H and O–H groups in total. The SMILES string of the molecule is O=c1nc(N2CCOCC2)cc2n(Cc3cccc(Cl)c3Cl)ccn12. The van der Waals surface area contributed by atoms with Gasteiger partial charge in [-0.3, -0.25) is 4.40 Å². The normalized spacial score (nSPS) is 15.0. The minimum absolute atomic E-state index is 0.296. The van der Waals surface area contributed by atoms with Crippen LogP contribution in [0.25, 0.3) is 5.65 Å². The Labute approximate surface area is 154 Å². The van der Waals surface area contributed by atoms with Gasteiger partial charge in [-0.15, -0.1) is 0 Å². The Hall–Kier alpha value is -2.02. The maximum absolute atomic E-state index is 12.4. The summed E-state index contributed by atoms with van der Waals surface area (Å²) in [5.74, 6) is 0.672. The van der Waals surface area contributed by atoms with Gasteiger partial charge in [0.2, 0.25) is 0 Å². The second-order valence-electron chi connectivity index (χ2n) is 5.86. The van der Waals surface area contributed by atoms with E-state index in [1.165, 1.54) is 4.40 Å². The second-order valence-corrected chi connectivity index (χ2v) is 6.65. The summed E-state index contributed by atoms with van der Waals surface area (Å²) in [6, 6.07) is 7.46. The Morgan fingerprint density at radius 1 is 1.16 bits per heavy atom. The first kappa shape index (κ1) is 16.4. The lowest BCUT2D eigenvalue weighted by Crippen LogP contribution is -2.38. The van der Waals surface area contributed by atoms with E-state index in [-0.39, 0.29) is 5.69 Å². The number of imidazole rings is 1. The molecule has 1 aliphatic rings. The van der Waals surface area contributed by atoms with Gasteiger partial charge in [-0.25, -0.2) is 4.79 Å². The minimum Gasteiger partial charge on any atom is -0.378 e. The van der Waals surface area contributed by atoms with E-state index in [1.807, 2.05) is 29.0 Å². The summed E-state index contributed by atoms with van der Waals surface area (Å²) in [5.41, 5.74) is 1.36. The Kier molecular flexibility index (Phi) is 4.41. The van der Waals surface area contributed by atoms with E-state index >= 15 is 0 Å². The molecule has 0 atom stereocenters. The average molecular weight is 379 g/mol. The molecule has 25 heavy (non-hydrogen) atoms. The molecule has 0 radical (unpaired) electrons. The summed E-state index contributed by atoms with van der Waals surface area (Å²) < 4.78 is 8.86. The highest BCUT2D eigenvalue weighted by molar-refractivity contribution is 6.42. The fourth-order valence-electron chi connectivity index (χ4n) is 2.99. The maximum atomic E-state index is 12.4. The van der Waals surface area contributed by atoms with Crippen molar-refractivity contribution in [3.8, 4) is 0 Å². The third-order valence-corrected chi connectivity index (χ3v) is 5.18. The molecule has 0 bridgehead atoms. The number of morpholine rings is 1. The Balaban J connectivity index is 1.75. The van der Waals surface area contributed by atoms with Crippen molar-refractivity contribution >= 4 is 34.7 Å². The van der Waals surface area contributed by atoms with Crippen LogP contribution in [0, 0.1) is 0 Å². The van der Waals surface area contributed by atoms with Crippen LogP contribution in [-0.4, -0.2) is 40.3 Å². The van der Waals surface area contributed by atoms with Crippen molar-refractivity contribution in [2.24, 2.45) is 0 Å². The van der Waals surface area contributed by atoms with Gasteiger partial charge in [-0.1, -0.05) is 35.3 Å². The number of nitrogens with zero attached hydrogens (tertiary/aromatic N) is 4. The predicted molar refractivity (Wildman–Crippen MR) is 98.0 cm³/mol. The summed E-state index contributed by atoms with van der Waals surface area (Å²) in [7, 11) is 0. The van der Waals surface area contributed by atoms with E-state index < -0.39 is 0 Å². The molecular weight excluding hydrogens is 363 g/mol. The number of benzene rings is 1. The van der Waals surface area contributed by atoms with Gasteiger partial charge in [0.1, 0.15) is 11.5 Å². The van der Waals surface area contributed by atoms with E-state index in [9.17, 15) is 4.79 Å².